The zero-order chi connectivity index (χ0) is 16.0. The van der Waals surface area contributed by atoms with E-state index in [1.165, 1.54) is 6.20 Å². The van der Waals surface area contributed by atoms with Crippen molar-refractivity contribution in [1.29, 1.82) is 0 Å². The van der Waals surface area contributed by atoms with Crippen LogP contribution < -0.4 is 0 Å². The molecule has 1 saturated heterocycles. The van der Waals surface area contributed by atoms with E-state index in [1.807, 2.05) is 4.57 Å². The van der Waals surface area contributed by atoms with Gasteiger partial charge in [-0.15, -0.1) is 10.2 Å². The fraction of sp³-hybridized carbons (Fsp3) is 0.385. The van der Waals surface area contributed by atoms with Crippen LogP contribution in [0.15, 0.2) is 18.6 Å². The highest BCUT2D eigenvalue weighted by Crippen LogP contribution is 2.28. The third-order valence-electron chi connectivity index (χ3n) is 3.68. The van der Waals surface area contributed by atoms with E-state index in [1.54, 1.807) is 12.4 Å². The first-order chi connectivity index (χ1) is 11.0. The van der Waals surface area contributed by atoms with Gasteiger partial charge in [-0.25, -0.2) is 9.97 Å². The summed E-state index contributed by atoms with van der Waals surface area (Å²) in [7, 11) is 0. The van der Waals surface area contributed by atoms with Crippen molar-refractivity contribution in [1.82, 2.24) is 29.7 Å². The molecule has 1 fully saturated rings. The number of rotatable bonds is 3. The molecule has 0 unspecified atom stereocenters. The SMILES string of the molecule is FC(F)(F)c1nnc(-c2cnc3c(c2)ncn3C[C@@H]2CCO2)[nH]1. The lowest BCUT2D eigenvalue weighted by Crippen LogP contribution is -2.31. The van der Waals surface area contributed by atoms with Gasteiger partial charge in [0.15, 0.2) is 11.5 Å². The van der Waals surface area contributed by atoms with E-state index < -0.39 is 12.0 Å². The number of nitrogens with zero attached hydrogens (tertiary/aromatic N) is 5. The van der Waals surface area contributed by atoms with Gasteiger partial charge < -0.3 is 14.3 Å². The number of hydrogen-bond donors (Lipinski definition) is 1. The number of alkyl halides is 3. The lowest BCUT2D eigenvalue weighted by Gasteiger charge is -2.26. The summed E-state index contributed by atoms with van der Waals surface area (Å²) in [5.74, 6) is -1.14. The minimum absolute atomic E-state index is 0.00333. The molecular formula is C13H11F3N6O. The smallest absolute Gasteiger partial charge is 0.376 e. The molecule has 1 N–H and O–H groups in total. The van der Waals surface area contributed by atoms with Gasteiger partial charge in [-0.2, -0.15) is 13.2 Å². The summed E-state index contributed by atoms with van der Waals surface area (Å²) in [6, 6.07) is 1.63. The highest BCUT2D eigenvalue weighted by molar-refractivity contribution is 5.76. The fourth-order valence-corrected chi connectivity index (χ4v) is 2.38. The molecule has 0 aliphatic carbocycles. The normalized spacial score (nSPS) is 18.3. The molecule has 4 heterocycles. The number of aromatic nitrogens is 6. The van der Waals surface area contributed by atoms with Crippen molar-refractivity contribution >= 4 is 11.2 Å². The third kappa shape index (κ3) is 2.54. The molecule has 7 nitrogen and oxygen atoms in total. The first-order valence-corrected chi connectivity index (χ1v) is 6.93. The van der Waals surface area contributed by atoms with Gasteiger partial charge in [-0.3, -0.25) is 0 Å². The molecule has 1 aliphatic rings. The van der Waals surface area contributed by atoms with E-state index in [9.17, 15) is 13.2 Å². The lowest BCUT2D eigenvalue weighted by atomic mass is 10.2. The Balaban J connectivity index is 1.65. The van der Waals surface area contributed by atoms with Gasteiger partial charge in [0.25, 0.3) is 0 Å². The second-order valence-corrected chi connectivity index (χ2v) is 5.27. The molecule has 0 spiro atoms. The van der Waals surface area contributed by atoms with Crippen LogP contribution in [0, 0.1) is 0 Å². The maximum Gasteiger partial charge on any atom is 0.451 e. The number of hydrogen-bond acceptors (Lipinski definition) is 5. The Labute approximate surface area is 127 Å². The molecule has 23 heavy (non-hydrogen) atoms. The van der Waals surface area contributed by atoms with Gasteiger partial charge in [0.2, 0.25) is 5.82 Å². The largest absolute Gasteiger partial charge is 0.451 e. The van der Waals surface area contributed by atoms with E-state index >= 15 is 0 Å². The van der Waals surface area contributed by atoms with Crippen LogP contribution in [0.5, 0.6) is 0 Å². The Hall–Kier alpha value is -2.49. The zero-order valence-electron chi connectivity index (χ0n) is 11.7. The molecule has 120 valence electrons. The van der Waals surface area contributed by atoms with Gasteiger partial charge in [0.1, 0.15) is 5.52 Å². The minimum Gasteiger partial charge on any atom is -0.376 e. The summed E-state index contributed by atoms with van der Waals surface area (Å²) in [5, 5.41) is 6.62. The number of fused-ring (bicyclic) bond motifs is 1. The number of pyridine rings is 1. The molecule has 0 amide bonds. The second-order valence-electron chi connectivity index (χ2n) is 5.27. The molecule has 1 aliphatic heterocycles. The van der Waals surface area contributed by atoms with Crippen LogP contribution in [0.1, 0.15) is 12.2 Å². The number of H-pyrrole nitrogens is 1. The molecule has 0 bridgehead atoms. The molecule has 10 heteroatoms. The van der Waals surface area contributed by atoms with Crippen molar-refractivity contribution in [2.24, 2.45) is 0 Å². The van der Waals surface area contributed by atoms with Crippen LogP contribution in [0.3, 0.4) is 0 Å². The monoisotopic (exact) mass is 324 g/mol. The van der Waals surface area contributed by atoms with Crippen molar-refractivity contribution in [2.75, 3.05) is 6.61 Å². The lowest BCUT2D eigenvalue weighted by molar-refractivity contribution is -0.144. The first kappa shape index (κ1) is 14.1. The summed E-state index contributed by atoms with van der Waals surface area (Å²) in [5.41, 5.74) is 1.62. The molecule has 0 aromatic carbocycles. The second kappa shape index (κ2) is 5.01. The summed E-state index contributed by atoms with van der Waals surface area (Å²) in [6.45, 7) is 1.42. The van der Waals surface area contributed by atoms with E-state index in [0.717, 1.165) is 13.0 Å². The average molecular weight is 324 g/mol. The maximum atomic E-state index is 12.6. The number of ether oxygens (including phenoxy) is 1. The van der Waals surface area contributed by atoms with Crippen molar-refractivity contribution in [2.45, 2.75) is 25.2 Å². The highest BCUT2D eigenvalue weighted by atomic mass is 19.4. The first-order valence-electron chi connectivity index (χ1n) is 6.93. The van der Waals surface area contributed by atoms with Crippen LogP contribution >= 0.6 is 0 Å². The summed E-state index contributed by atoms with van der Waals surface area (Å²) in [6.07, 6.45) is -0.311. The number of halogens is 3. The molecule has 1 atom stereocenters. The van der Waals surface area contributed by atoms with E-state index in [0.29, 0.717) is 23.3 Å². The van der Waals surface area contributed by atoms with Gasteiger partial charge in [0.05, 0.1) is 19.0 Å². The highest BCUT2D eigenvalue weighted by Gasteiger charge is 2.35. The topological polar surface area (TPSA) is 81.5 Å². The predicted molar refractivity (Wildman–Crippen MR) is 72.3 cm³/mol. The molecule has 0 saturated carbocycles. The molecule has 4 rings (SSSR count). The van der Waals surface area contributed by atoms with Crippen LogP contribution in [0.25, 0.3) is 22.6 Å². The van der Waals surface area contributed by atoms with Crippen molar-refractivity contribution in [3.63, 3.8) is 0 Å². The van der Waals surface area contributed by atoms with Crippen molar-refractivity contribution in [3.8, 4) is 11.4 Å². The summed E-state index contributed by atoms with van der Waals surface area (Å²) in [4.78, 5) is 10.7. The van der Waals surface area contributed by atoms with Gasteiger partial charge >= 0.3 is 6.18 Å². The quantitative estimate of drug-likeness (QED) is 0.797. The van der Waals surface area contributed by atoms with E-state index in [-0.39, 0.29) is 11.9 Å². The van der Waals surface area contributed by atoms with Crippen LogP contribution in [-0.4, -0.2) is 42.4 Å². The molecule has 0 radical (unpaired) electrons. The number of aromatic amines is 1. The Morgan fingerprint density at radius 3 is 2.78 bits per heavy atom. The molecular weight excluding hydrogens is 313 g/mol. The summed E-state index contributed by atoms with van der Waals surface area (Å²) >= 11 is 0. The third-order valence-corrected chi connectivity index (χ3v) is 3.68. The van der Waals surface area contributed by atoms with Gasteiger partial charge in [-0.1, -0.05) is 0 Å². The van der Waals surface area contributed by atoms with Crippen molar-refractivity contribution < 1.29 is 17.9 Å². The Morgan fingerprint density at radius 1 is 1.30 bits per heavy atom. The molecule has 3 aromatic rings. The van der Waals surface area contributed by atoms with Gasteiger partial charge in [0, 0.05) is 18.4 Å². The standard InChI is InChI=1S/C13H11F3N6O/c14-13(15,16)12-19-10(20-21-12)7-3-9-11(17-4-7)22(6-18-9)5-8-1-2-23-8/h3-4,6,8H,1-2,5H2,(H,19,20,21)/t8-/m0/s1. The maximum absolute atomic E-state index is 12.6. The number of imidazole rings is 1. The average Bonchev–Trinajstić information content (AvgIpc) is 3.09. The van der Waals surface area contributed by atoms with Crippen LogP contribution in [0.2, 0.25) is 0 Å². The number of nitrogens with one attached hydrogen (secondary N) is 1. The van der Waals surface area contributed by atoms with E-state index in [2.05, 4.69) is 25.1 Å². The van der Waals surface area contributed by atoms with Crippen LogP contribution in [-0.2, 0) is 17.5 Å². The van der Waals surface area contributed by atoms with E-state index in [4.69, 9.17) is 4.74 Å². The molecule has 3 aromatic heterocycles. The van der Waals surface area contributed by atoms with Gasteiger partial charge in [-0.05, 0) is 12.5 Å². The zero-order valence-corrected chi connectivity index (χ0v) is 11.7. The van der Waals surface area contributed by atoms with Crippen molar-refractivity contribution in [3.05, 3.63) is 24.4 Å². The fourth-order valence-electron chi connectivity index (χ4n) is 2.38. The Morgan fingerprint density at radius 2 is 2.13 bits per heavy atom. The predicted octanol–water partition coefficient (Wildman–Crippen LogP) is 2.02. The van der Waals surface area contributed by atoms with Crippen LogP contribution in [0.4, 0.5) is 13.2 Å². The Kier molecular flexibility index (Phi) is 3.08. The Bertz CT molecular complexity index is 851. The minimum atomic E-state index is -4.56. The summed E-state index contributed by atoms with van der Waals surface area (Å²) < 4.78 is 44.9.